The third-order valence-corrected chi connectivity index (χ3v) is 6.94. The summed E-state index contributed by atoms with van der Waals surface area (Å²) in [5, 5.41) is 4.58. The lowest BCUT2D eigenvalue weighted by atomic mass is 9.87. The largest absolute Gasteiger partial charge is 0.341 e. The highest BCUT2D eigenvalue weighted by atomic mass is 32.2. The molecule has 0 spiro atoms. The number of nitrogens with one attached hydrogen (secondary N) is 2. The Morgan fingerprint density at radius 1 is 1.04 bits per heavy atom. The first-order valence-corrected chi connectivity index (χ1v) is 10.8. The number of urea groups is 1. The van der Waals surface area contributed by atoms with Crippen LogP contribution < -0.4 is 10.6 Å². The van der Waals surface area contributed by atoms with Crippen molar-refractivity contribution in [1.29, 1.82) is 0 Å². The van der Waals surface area contributed by atoms with Gasteiger partial charge in [-0.1, -0.05) is 32.9 Å². The van der Waals surface area contributed by atoms with Crippen molar-refractivity contribution in [3.63, 3.8) is 0 Å². The van der Waals surface area contributed by atoms with E-state index in [-0.39, 0.29) is 10.3 Å². The molecule has 1 heterocycles. The summed E-state index contributed by atoms with van der Waals surface area (Å²) in [5.74, 6) is -0.409. The van der Waals surface area contributed by atoms with E-state index in [4.69, 9.17) is 0 Å². The fraction of sp³-hybridized carbons (Fsp3) is 0.579. The molecule has 2 rings (SSSR count). The van der Waals surface area contributed by atoms with Gasteiger partial charge in [0.1, 0.15) is 0 Å². The molecule has 0 saturated carbocycles. The van der Waals surface area contributed by atoms with E-state index in [0.29, 0.717) is 26.2 Å². The Bertz CT molecular complexity index is 807. The lowest BCUT2D eigenvalue weighted by molar-refractivity contribution is -0.125. The molecule has 1 aliphatic rings. The van der Waals surface area contributed by atoms with Crippen molar-refractivity contribution in [2.45, 2.75) is 44.0 Å². The van der Waals surface area contributed by atoms with Crippen LogP contribution in [-0.2, 0) is 20.2 Å². The van der Waals surface area contributed by atoms with E-state index < -0.39 is 28.0 Å². The molecule has 0 unspecified atom stereocenters. The van der Waals surface area contributed by atoms with E-state index in [1.165, 1.54) is 11.4 Å². The predicted octanol–water partition coefficient (Wildman–Crippen LogP) is 1.13. The van der Waals surface area contributed by atoms with E-state index in [1.54, 1.807) is 19.1 Å². The van der Waals surface area contributed by atoms with Crippen molar-refractivity contribution in [2.75, 3.05) is 33.2 Å². The molecule has 9 heteroatoms. The van der Waals surface area contributed by atoms with Gasteiger partial charge in [0.15, 0.2) is 0 Å². The Balaban J connectivity index is 2.01. The van der Waals surface area contributed by atoms with E-state index in [2.05, 4.69) is 31.4 Å². The molecule has 2 N–H and O–H groups in total. The number of carbonyl (C=O) groups excluding carboxylic acids is 2. The van der Waals surface area contributed by atoms with Gasteiger partial charge in [0, 0.05) is 33.2 Å². The van der Waals surface area contributed by atoms with E-state index >= 15 is 0 Å². The summed E-state index contributed by atoms with van der Waals surface area (Å²) < 4.78 is 27.3. The maximum atomic E-state index is 12.9. The minimum absolute atomic E-state index is 0.0424. The van der Waals surface area contributed by atoms with Crippen molar-refractivity contribution in [1.82, 2.24) is 19.8 Å². The zero-order valence-electron chi connectivity index (χ0n) is 17.2. The van der Waals surface area contributed by atoms with Crippen molar-refractivity contribution < 1.29 is 18.0 Å². The summed E-state index contributed by atoms with van der Waals surface area (Å²) in [7, 11) is -2.14. The Hall–Kier alpha value is -1.97. The number of hydrogen-bond donors (Lipinski definition) is 2. The predicted molar refractivity (Wildman–Crippen MR) is 108 cm³/mol. The molecule has 0 bridgehead atoms. The fourth-order valence-electron chi connectivity index (χ4n) is 3.05. The monoisotopic (exact) mass is 410 g/mol. The number of benzene rings is 1. The minimum atomic E-state index is -3.57. The van der Waals surface area contributed by atoms with Crippen LogP contribution in [-0.4, -0.2) is 68.8 Å². The second-order valence-electron chi connectivity index (χ2n) is 7.96. The van der Waals surface area contributed by atoms with Crippen LogP contribution >= 0.6 is 0 Å². The standard InChI is InChI=1S/C19H30N4O4S/c1-14(17(24)21-18(25)20-5)22-10-12-23(13-11-22)28(26,27)16-8-6-15(7-9-16)19(2,3)4/h6-9,14H,10-13H2,1-5H3,(H2,20,21,24,25)/t14-/m1/s1. The number of amides is 3. The highest BCUT2D eigenvalue weighted by molar-refractivity contribution is 7.89. The minimum Gasteiger partial charge on any atom is -0.341 e. The maximum absolute atomic E-state index is 12.9. The summed E-state index contributed by atoms with van der Waals surface area (Å²) in [5.41, 5.74) is 1.03. The Morgan fingerprint density at radius 3 is 2.04 bits per heavy atom. The average molecular weight is 411 g/mol. The number of carbonyl (C=O) groups is 2. The van der Waals surface area contributed by atoms with Crippen LogP contribution in [0.25, 0.3) is 0 Å². The molecule has 0 aromatic heterocycles. The smallest absolute Gasteiger partial charge is 0.321 e. The van der Waals surface area contributed by atoms with Gasteiger partial charge in [-0.2, -0.15) is 4.31 Å². The van der Waals surface area contributed by atoms with Crippen molar-refractivity contribution in [2.24, 2.45) is 0 Å². The number of imide groups is 1. The van der Waals surface area contributed by atoms with Gasteiger partial charge in [-0.15, -0.1) is 0 Å². The van der Waals surface area contributed by atoms with Crippen LogP contribution in [0.1, 0.15) is 33.3 Å². The lowest BCUT2D eigenvalue weighted by Crippen LogP contribution is -2.56. The highest BCUT2D eigenvalue weighted by Crippen LogP contribution is 2.25. The molecule has 0 aliphatic carbocycles. The molecule has 1 saturated heterocycles. The molecule has 1 atom stereocenters. The zero-order chi connectivity index (χ0) is 21.1. The SMILES string of the molecule is CNC(=O)NC(=O)[C@@H](C)N1CCN(S(=O)(=O)c2ccc(C(C)(C)C)cc2)CC1. The molecule has 1 aromatic rings. The summed E-state index contributed by atoms with van der Waals surface area (Å²) in [6.45, 7) is 9.37. The molecule has 156 valence electrons. The van der Waals surface area contributed by atoms with E-state index in [1.807, 2.05) is 17.0 Å². The van der Waals surface area contributed by atoms with Gasteiger partial charge in [-0.25, -0.2) is 13.2 Å². The van der Waals surface area contributed by atoms with Crippen molar-refractivity contribution in [3.8, 4) is 0 Å². The summed E-state index contributed by atoms with van der Waals surface area (Å²) in [6, 6.07) is 5.94. The Labute approximate surface area is 167 Å². The van der Waals surface area contributed by atoms with Crippen LogP contribution in [0.4, 0.5) is 4.79 Å². The van der Waals surface area contributed by atoms with Crippen LogP contribution in [0.15, 0.2) is 29.2 Å². The van der Waals surface area contributed by atoms with E-state index in [0.717, 1.165) is 5.56 Å². The van der Waals surface area contributed by atoms with Gasteiger partial charge in [0.05, 0.1) is 10.9 Å². The second-order valence-corrected chi connectivity index (χ2v) is 9.90. The molecule has 3 amide bonds. The quantitative estimate of drug-likeness (QED) is 0.775. The van der Waals surface area contributed by atoms with Crippen molar-refractivity contribution >= 4 is 22.0 Å². The lowest BCUT2D eigenvalue weighted by Gasteiger charge is -2.36. The molecule has 1 fully saturated rings. The van der Waals surface area contributed by atoms with Gasteiger partial charge < -0.3 is 5.32 Å². The normalized spacial score (nSPS) is 17.8. The van der Waals surface area contributed by atoms with E-state index in [9.17, 15) is 18.0 Å². The molecule has 28 heavy (non-hydrogen) atoms. The molecular formula is C19H30N4O4S. The summed E-state index contributed by atoms with van der Waals surface area (Å²) in [6.07, 6.45) is 0. The van der Waals surface area contributed by atoms with Crippen LogP contribution in [0, 0.1) is 0 Å². The number of nitrogens with zero attached hydrogens (tertiary/aromatic N) is 2. The van der Waals surface area contributed by atoms with Crippen LogP contribution in [0.2, 0.25) is 0 Å². The molecule has 0 radical (unpaired) electrons. The molecule has 1 aromatic carbocycles. The fourth-order valence-corrected chi connectivity index (χ4v) is 4.47. The highest BCUT2D eigenvalue weighted by Gasteiger charge is 2.32. The summed E-state index contributed by atoms with van der Waals surface area (Å²) >= 11 is 0. The first kappa shape index (κ1) is 22.3. The van der Waals surface area contributed by atoms with Crippen LogP contribution in [0.3, 0.4) is 0 Å². The van der Waals surface area contributed by atoms with Gasteiger partial charge >= 0.3 is 6.03 Å². The average Bonchev–Trinajstić information content (AvgIpc) is 2.66. The van der Waals surface area contributed by atoms with Crippen molar-refractivity contribution in [3.05, 3.63) is 29.8 Å². The number of hydrogen-bond acceptors (Lipinski definition) is 5. The summed E-state index contributed by atoms with van der Waals surface area (Å²) in [4.78, 5) is 25.5. The number of rotatable bonds is 4. The Morgan fingerprint density at radius 2 is 1.57 bits per heavy atom. The van der Waals surface area contributed by atoms with Gasteiger partial charge in [0.2, 0.25) is 15.9 Å². The first-order valence-electron chi connectivity index (χ1n) is 9.34. The zero-order valence-corrected chi connectivity index (χ0v) is 18.0. The van der Waals surface area contributed by atoms with Gasteiger partial charge in [-0.3, -0.25) is 15.0 Å². The van der Waals surface area contributed by atoms with Gasteiger partial charge in [-0.05, 0) is 30.0 Å². The third-order valence-electron chi connectivity index (χ3n) is 5.02. The van der Waals surface area contributed by atoms with Crippen LogP contribution in [0.5, 0.6) is 0 Å². The third kappa shape index (κ3) is 5.09. The first-order chi connectivity index (χ1) is 13.0. The topological polar surface area (TPSA) is 98.8 Å². The molecule has 8 nitrogen and oxygen atoms in total. The number of sulfonamides is 1. The molecule has 1 aliphatic heterocycles. The molecular weight excluding hydrogens is 380 g/mol. The second kappa shape index (κ2) is 8.59. The Kier molecular flexibility index (Phi) is 6.84. The number of piperazine rings is 1. The maximum Gasteiger partial charge on any atom is 0.321 e. The van der Waals surface area contributed by atoms with Gasteiger partial charge in [0.25, 0.3) is 0 Å².